The lowest BCUT2D eigenvalue weighted by molar-refractivity contribution is 1.04. The Labute approximate surface area is 201 Å². The zero-order valence-electron chi connectivity index (χ0n) is 18.7. The van der Waals surface area contributed by atoms with Crippen molar-refractivity contribution in [3.8, 4) is 0 Å². The summed E-state index contributed by atoms with van der Waals surface area (Å²) in [6.45, 7) is 7.09. The Balaban J connectivity index is 1.76. The molecule has 3 heteroatoms. The molecule has 5 rings (SSSR count). The lowest BCUT2D eigenvalue weighted by atomic mass is 10.2. The number of hydrogen-bond acceptors (Lipinski definition) is 2. The molecule has 160 valence electrons. The second-order valence-electron chi connectivity index (χ2n) is 8.72. The molecule has 0 spiro atoms. The summed E-state index contributed by atoms with van der Waals surface area (Å²) in [5, 5.41) is 4.31. The molecule has 4 aromatic carbocycles. The van der Waals surface area contributed by atoms with Crippen molar-refractivity contribution in [2.24, 2.45) is 0 Å². The third kappa shape index (κ3) is 3.83. The molecule has 1 aliphatic heterocycles. The molecule has 0 saturated carbocycles. The van der Waals surface area contributed by atoms with Crippen LogP contribution in [0.5, 0.6) is 0 Å². The number of fused-ring (bicyclic) bond motifs is 1. The third-order valence-electron chi connectivity index (χ3n) is 6.23. The molecule has 0 aromatic heterocycles. The van der Waals surface area contributed by atoms with Crippen LogP contribution in [0.15, 0.2) is 119 Å². The zero-order chi connectivity index (χ0) is 22.2. The molecule has 1 unspecified atom stereocenters. The molecule has 0 aliphatic carbocycles. The lowest BCUT2D eigenvalue weighted by Crippen LogP contribution is -2.34. The highest BCUT2D eigenvalue weighted by atomic mass is 32.2. The van der Waals surface area contributed by atoms with Gasteiger partial charge in [0.05, 0.1) is 4.08 Å². The fourth-order valence-corrected chi connectivity index (χ4v) is 12.3. The van der Waals surface area contributed by atoms with Gasteiger partial charge in [-0.05, 0) is 74.9 Å². The van der Waals surface area contributed by atoms with Crippen LogP contribution < -0.4 is 15.9 Å². The molecule has 32 heavy (non-hydrogen) atoms. The van der Waals surface area contributed by atoms with Crippen LogP contribution >= 0.6 is 30.8 Å². The Morgan fingerprint density at radius 3 is 1.50 bits per heavy atom. The smallest absolute Gasteiger partial charge is 0.107 e. The normalized spacial score (nSPS) is 15.8. The maximum atomic E-state index is 2.47. The molecule has 0 fully saturated rings. The molecule has 0 N–H and O–H groups in total. The Morgan fingerprint density at radius 2 is 1.03 bits per heavy atom. The van der Waals surface area contributed by atoms with Crippen LogP contribution in [0.4, 0.5) is 0 Å². The van der Waals surface area contributed by atoms with Gasteiger partial charge < -0.3 is 0 Å². The summed E-state index contributed by atoms with van der Waals surface area (Å²) in [7, 11) is -1.94. The summed E-state index contributed by atoms with van der Waals surface area (Å²) in [6, 6.07) is 40.8. The third-order valence-corrected chi connectivity index (χ3v) is 13.8. The molecule has 4 aromatic rings. The van der Waals surface area contributed by atoms with Crippen LogP contribution in [0.25, 0.3) is 0 Å². The van der Waals surface area contributed by atoms with Gasteiger partial charge in [0.25, 0.3) is 0 Å². The van der Waals surface area contributed by atoms with Gasteiger partial charge in [0.2, 0.25) is 0 Å². The minimum absolute atomic E-state index is 0.203. The molecule has 1 aliphatic rings. The van der Waals surface area contributed by atoms with E-state index in [0.717, 1.165) is 0 Å². The summed E-state index contributed by atoms with van der Waals surface area (Å²) in [5.74, 6) is 0. The van der Waals surface area contributed by atoms with Crippen LogP contribution in [0.3, 0.4) is 0 Å². The number of hydrogen-bond donors (Lipinski definition) is 0. The van der Waals surface area contributed by atoms with Crippen molar-refractivity contribution >= 4 is 46.7 Å². The minimum atomic E-state index is -1.94. The first-order valence-electron chi connectivity index (χ1n) is 11.1. The van der Waals surface area contributed by atoms with Crippen molar-refractivity contribution in [2.75, 3.05) is 0 Å². The van der Waals surface area contributed by atoms with Crippen molar-refractivity contribution in [3.05, 3.63) is 115 Å². The molecule has 0 saturated heterocycles. The van der Waals surface area contributed by atoms with E-state index < -0.39 is 7.26 Å². The lowest BCUT2D eigenvalue weighted by Gasteiger charge is -2.33. The Morgan fingerprint density at radius 1 is 0.594 bits per heavy atom. The molecule has 1 atom stereocenters. The number of rotatable bonds is 5. The van der Waals surface area contributed by atoms with Gasteiger partial charge in [-0.1, -0.05) is 60.7 Å². The van der Waals surface area contributed by atoms with Crippen LogP contribution in [0.1, 0.15) is 32.0 Å². The van der Waals surface area contributed by atoms with E-state index in [1.165, 1.54) is 31.3 Å². The average molecular weight is 472 g/mol. The van der Waals surface area contributed by atoms with E-state index in [-0.39, 0.29) is 4.08 Å². The monoisotopic (exact) mass is 471 g/mol. The van der Waals surface area contributed by atoms with Crippen molar-refractivity contribution in [3.63, 3.8) is 0 Å². The Bertz CT molecular complexity index is 1110. The van der Waals surface area contributed by atoms with Crippen LogP contribution in [0, 0.1) is 0 Å². The first kappa shape index (κ1) is 21.8. The van der Waals surface area contributed by atoms with Gasteiger partial charge in [-0.2, -0.15) is 0 Å². The van der Waals surface area contributed by atoms with E-state index in [2.05, 4.69) is 130 Å². The predicted octanol–water partition coefficient (Wildman–Crippen LogP) is 7.68. The van der Waals surface area contributed by atoms with E-state index in [1.807, 2.05) is 23.5 Å². The van der Waals surface area contributed by atoms with Gasteiger partial charge in [-0.15, -0.1) is 23.5 Å². The van der Waals surface area contributed by atoms with Crippen molar-refractivity contribution in [1.29, 1.82) is 0 Å². The minimum Gasteiger partial charge on any atom is -0.107 e. The summed E-state index contributed by atoms with van der Waals surface area (Å²) in [5.41, 5.74) is 1.79. The maximum Gasteiger partial charge on any atom is 0.119 e. The topological polar surface area (TPSA) is 0 Å². The predicted molar refractivity (Wildman–Crippen MR) is 146 cm³/mol. The summed E-state index contributed by atoms with van der Waals surface area (Å²) in [4.78, 5) is 2.84. The first-order valence-corrected chi connectivity index (χ1v) is 14.6. The zero-order valence-corrected chi connectivity index (χ0v) is 21.3. The molecular formula is C29H28PS2+. The highest BCUT2D eigenvalue weighted by Gasteiger charge is 2.51. The van der Waals surface area contributed by atoms with Gasteiger partial charge >= 0.3 is 0 Å². The summed E-state index contributed by atoms with van der Waals surface area (Å²) >= 11 is 3.98. The highest BCUT2D eigenvalue weighted by molar-refractivity contribution is 8.20. The fourth-order valence-electron chi connectivity index (χ4n) is 4.83. The standard InChI is InChI=1S/C29H28PS2/c1-22(23-19-20-27-28(21-23)32-29(2,3)31-27)30(24-13-7-4-8-14-24,25-15-9-5-10-16-25)26-17-11-6-12-18-26/h4-22H,1-3H3/q+1. The second kappa shape index (κ2) is 8.75. The van der Waals surface area contributed by atoms with Gasteiger partial charge in [-0.3, -0.25) is 0 Å². The van der Waals surface area contributed by atoms with E-state index in [1.54, 1.807) is 0 Å². The van der Waals surface area contributed by atoms with Gasteiger partial charge in [0.1, 0.15) is 28.8 Å². The first-order chi connectivity index (χ1) is 15.5. The molecule has 0 radical (unpaired) electrons. The summed E-state index contributed by atoms with van der Waals surface area (Å²) < 4.78 is 0.203. The number of thioether (sulfide) groups is 2. The molecule has 0 bridgehead atoms. The van der Waals surface area contributed by atoms with Crippen molar-refractivity contribution in [2.45, 2.75) is 40.3 Å². The maximum absolute atomic E-state index is 2.47. The van der Waals surface area contributed by atoms with Crippen LogP contribution in [-0.2, 0) is 0 Å². The van der Waals surface area contributed by atoms with E-state index in [0.29, 0.717) is 5.66 Å². The summed E-state index contributed by atoms with van der Waals surface area (Å²) in [6.07, 6.45) is 0. The SMILES string of the molecule is CC(c1ccc2c(c1)SC(C)(C)S2)[P+](c1ccccc1)(c1ccccc1)c1ccccc1. The molecular weight excluding hydrogens is 443 g/mol. The van der Waals surface area contributed by atoms with E-state index in [4.69, 9.17) is 0 Å². The van der Waals surface area contributed by atoms with Crippen molar-refractivity contribution < 1.29 is 0 Å². The van der Waals surface area contributed by atoms with Crippen LogP contribution in [0.2, 0.25) is 0 Å². The molecule has 0 nitrogen and oxygen atoms in total. The average Bonchev–Trinajstić information content (AvgIpc) is 3.14. The van der Waals surface area contributed by atoms with Crippen LogP contribution in [-0.4, -0.2) is 4.08 Å². The van der Waals surface area contributed by atoms with Gasteiger partial charge in [-0.25, -0.2) is 0 Å². The highest BCUT2D eigenvalue weighted by Crippen LogP contribution is 2.67. The second-order valence-corrected chi connectivity index (χ2v) is 16.1. The Hall–Kier alpha value is -1.99. The largest absolute Gasteiger partial charge is 0.119 e. The van der Waals surface area contributed by atoms with Gasteiger partial charge in [0, 0.05) is 9.79 Å². The van der Waals surface area contributed by atoms with E-state index in [9.17, 15) is 0 Å². The molecule has 1 heterocycles. The van der Waals surface area contributed by atoms with Gasteiger partial charge in [0.15, 0.2) is 0 Å². The fraction of sp³-hybridized carbons (Fsp3) is 0.172. The number of benzene rings is 4. The quantitative estimate of drug-likeness (QED) is 0.274. The van der Waals surface area contributed by atoms with E-state index >= 15 is 0 Å². The Kier molecular flexibility index (Phi) is 5.97. The van der Waals surface area contributed by atoms with Crippen molar-refractivity contribution in [1.82, 2.24) is 0 Å². The molecule has 0 amide bonds.